The van der Waals surface area contributed by atoms with Crippen LogP contribution in [0.4, 0.5) is 0 Å². The zero-order chi connectivity index (χ0) is 19.3. The SMILES string of the molecule is Cn1nc(C(=O)N2CCCC2Cn2nc3c(cc2=O)CCC3)c2ccccc21. The van der Waals surface area contributed by atoms with Crippen molar-refractivity contribution < 1.29 is 4.79 Å². The Kier molecular flexibility index (Phi) is 4.03. The van der Waals surface area contributed by atoms with Crippen LogP contribution in [0.25, 0.3) is 10.9 Å². The van der Waals surface area contributed by atoms with Crippen molar-refractivity contribution in [3.8, 4) is 0 Å². The van der Waals surface area contributed by atoms with Crippen LogP contribution in [0, 0.1) is 0 Å². The first-order valence-electron chi connectivity index (χ1n) is 9.94. The van der Waals surface area contributed by atoms with Gasteiger partial charge >= 0.3 is 0 Å². The monoisotopic (exact) mass is 377 g/mol. The van der Waals surface area contributed by atoms with E-state index in [1.807, 2.05) is 36.2 Å². The topological polar surface area (TPSA) is 73.0 Å². The molecule has 1 amide bonds. The van der Waals surface area contributed by atoms with Gasteiger partial charge in [0.05, 0.1) is 23.8 Å². The quantitative estimate of drug-likeness (QED) is 0.699. The van der Waals surface area contributed by atoms with Crippen LogP contribution in [0.2, 0.25) is 0 Å². The fraction of sp³-hybridized carbons (Fsp3) is 0.429. The molecule has 7 heteroatoms. The number of nitrogens with zero attached hydrogens (tertiary/aromatic N) is 5. The van der Waals surface area contributed by atoms with Crippen LogP contribution in [-0.4, -0.2) is 43.0 Å². The van der Waals surface area contributed by atoms with Crippen molar-refractivity contribution in [3.63, 3.8) is 0 Å². The zero-order valence-corrected chi connectivity index (χ0v) is 16.0. The van der Waals surface area contributed by atoms with Crippen molar-refractivity contribution in [2.24, 2.45) is 7.05 Å². The lowest BCUT2D eigenvalue weighted by Crippen LogP contribution is -2.41. The van der Waals surface area contributed by atoms with Crippen LogP contribution in [0.3, 0.4) is 0 Å². The van der Waals surface area contributed by atoms with E-state index in [2.05, 4.69) is 10.2 Å². The lowest BCUT2D eigenvalue weighted by molar-refractivity contribution is 0.0715. The molecule has 0 bridgehead atoms. The number of carbonyl (C=O) groups is 1. The summed E-state index contributed by atoms with van der Waals surface area (Å²) in [4.78, 5) is 27.6. The minimum atomic E-state index is -0.0664. The first kappa shape index (κ1) is 17.2. The van der Waals surface area contributed by atoms with Gasteiger partial charge in [0.15, 0.2) is 5.69 Å². The highest BCUT2D eigenvalue weighted by atomic mass is 16.2. The molecule has 1 atom stereocenters. The lowest BCUT2D eigenvalue weighted by Gasteiger charge is -2.24. The highest BCUT2D eigenvalue weighted by Gasteiger charge is 2.32. The number of carbonyl (C=O) groups excluding carboxylic acids is 1. The molecule has 3 aromatic rings. The highest BCUT2D eigenvalue weighted by molar-refractivity contribution is 6.05. The third-order valence-corrected chi connectivity index (χ3v) is 6.01. The van der Waals surface area contributed by atoms with E-state index < -0.39 is 0 Å². The summed E-state index contributed by atoms with van der Waals surface area (Å²) < 4.78 is 3.30. The molecular weight excluding hydrogens is 354 g/mol. The second-order valence-electron chi connectivity index (χ2n) is 7.77. The Morgan fingerprint density at radius 3 is 2.93 bits per heavy atom. The standard InChI is InChI=1S/C21H23N5O2/c1-24-18-10-3-2-8-16(18)20(23-24)21(28)25-11-5-7-15(25)13-26-19(27)12-14-6-4-9-17(14)22-26/h2-3,8,10,12,15H,4-7,9,11,13H2,1H3. The van der Waals surface area contributed by atoms with Crippen molar-refractivity contribution in [3.05, 3.63) is 57.6 Å². The van der Waals surface area contributed by atoms with Crippen LogP contribution in [0.1, 0.15) is 41.0 Å². The number of amides is 1. The molecule has 0 spiro atoms. The minimum Gasteiger partial charge on any atom is -0.332 e. The molecule has 1 aromatic carbocycles. The number of hydrogen-bond acceptors (Lipinski definition) is 4. The Hall–Kier alpha value is -2.96. The molecule has 1 aliphatic heterocycles. The molecule has 1 unspecified atom stereocenters. The average molecular weight is 377 g/mol. The number of para-hydroxylation sites is 1. The van der Waals surface area contributed by atoms with E-state index in [-0.39, 0.29) is 17.5 Å². The van der Waals surface area contributed by atoms with Crippen LogP contribution in [-0.2, 0) is 26.4 Å². The molecule has 2 aliphatic rings. The van der Waals surface area contributed by atoms with E-state index in [0.29, 0.717) is 18.8 Å². The maximum absolute atomic E-state index is 13.3. The van der Waals surface area contributed by atoms with Gasteiger partial charge in [-0.15, -0.1) is 0 Å². The van der Waals surface area contributed by atoms with Crippen LogP contribution in [0.5, 0.6) is 0 Å². The molecule has 3 heterocycles. The normalized spacial score (nSPS) is 18.8. The number of likely N-dealkylation sites (tertiary alicyclic amines) is 1. The molecule has 0 N–H and O–H groups in total. The predicted octanol–water partition coefficient (Wildman–Crippen LogP) is 1.92. The van der Waals surface area contributed by atoms with Crippen LogP contribution >= 0.6 is 0 Å². The van der Waals surface area contributed by atoms with Crippen molar-refractivity contribution in [2.75, 3.05) is 6.54 Å². The fourth-order valence-corrected chi connectivity index (χ4v) is 4.57. The van der Waals surface area contributed by atoms with Gasteiger partial charge in [-0.1, -0.05) is 18.2 Å². The summed E-state index contributed by atoms with van der Waals surface area (Å²) in [5.74, 6) is -0.0616. The number of hydrogen-bond donors (Lipinski definition) is 0. The third kappa shape index (κ3) is 2.73. The number of benzene rings is 1. The summed E-state index contributed by atoms with van der Waals surface area (Å²) in [5.41, 5.74) is 3.48. The molecule has 0 saturated carbocycles. The summed E-state index contributed by atoms with van der Waals surface area (Å²) in [6, 6.07) is 9.47. The summed E-state index contributed by atoms with van der Waals surface area (Å²) in [6.07, 6.45) is 4.75. The van der Waals surface area contributed by atoms with E-state index >= 15 is 0 Å². The average Bonchev–Trinajstić information content (AvgIpc) is 3.41. The number of aromatic nitrogens is 4. The van der Waals surface area contributed by atoms with E-state index in [4.69, 9.17) is 0 Å². The zero-order valence-electron chi connectivity index (χ0n) is 16.0. The summed E-state index contributed by atoms with van der Waals surface area (Å²) in [5, 5.41) is 9.93. The van der Waals surface area contributed by atoms with Crippen LogP contribution < -0.4 is 5.56 Å². The number of fused-ring (bicyclic) bond motifs is 2. The molecule has 2 aromatic heterocycles. The molecule has 144 valence electrons. The van der Waals surface area contributed by atoms with Crippen molar-refractivity contribution in [1.82, 2.24) is 24.5 Å². The summed E-state index contributed by atoms with van der Waals surface area (Å²) >= 11 is 0. The Labute approximate surface area is 162 Å². The first-order valence-corrected chi connectivity index (χ1v) is 9.94. The Balaban J connectivity index is 1.44. The van der Waals surface area contributed by atoms with E-state index in [0.717, 1.165) is 54.3 Å². The Morgan fingerprint density at radius 1 is 1.18 bits per heavy atom. The van der Waals surface area contributed by atoms with Gasteiger partial charge in [0.25, 0.3) is 11.5 Å². The molecule has 0 radical (unpaired) electrons. The van der Waals surface area contributed by atoms with Crippen molar-refractivity contribution >= 4 is 16.8 Å². The maximum atomic E-state index is 13.3. The van der Waals surface area contributed by atoms with Gasteiger partial charge in [-0.2, -0.15) is 10.2 Å². The van der Waals surface area contributed by atoms with Gasteiger partial charge < -0.3 is 4.90 Å². The molecule has 1 saturated heterocycles. The van der Waals surface area contributed by atoms with E-state index in [9.17, 15) is 9.59 Å². The van der Waals surface area contributed by atoms with Gasteiger partial charge in [0, 0.05) is 25.0 Å². The Bertz CT molecular complexity index is 1130. The molecule has 1 fully saturated rings. The number of rotatable bonds is 3. The fourth-order valence-electron chi connectivity index (χ4n) is 4.57. The van der Waals surface area contributed by atoms with E-state index in [1.165, 1.54) is 0 Å². The number of aryl methyl sites for hydroxylation is 3. The molecule has 5 rings (SSSR count). The summed E-state index contributed by atoms with van der Waals surface area (Å²) in [7, 11) is 1.86. The summed E-state index contributed by atoms with van der Waals surface area (Å²) in [6.45, 7) is 1.14. The van der Waals surface area contributed by atoms with Crippen molar-refractivity contribution in [2.45, 2.75) is 44.7 Å². The first-order chi connectivity index (χ1) is 13.6. The second-order valence-corrected chi connectivity index (χ2v) is 7.77. The van der Waals surface area contributed by atoms with Gasteiger partial charge in [0.2, 0.25) is 0 Å². The molecule has 7 nitrogen and oxygen atoms in total. The predicted molar refractivity (Wildman–Crippen MR) is 105 cm³/mol. The highest BCUT2D eigenvalue weighted by Crippen LogP contribution is 2.25. The maximum Gasteiger partial charge on any atom is 0.275 e. The smallest absolute Gasteiger partial charge is 0.275 e. The molecule has 28 heavy (non-hydrogen) atoms. The largest absolute Gasteiger partial charge is 0.332 e. The third-order valence-electron chi connectivity index (χ3n) is 6.01. The van der Waals surface area contributed by atoms with Gasteiger partial charge in [-0.25, -0.2) is 4.68 Å². The van der Waals surface area contributed by atoms with Crippen LogP contribution in [0.15, 0.2) is 35.1 Å². The minimum absolute atomic E-state index is 0.0297. The molecular formula is C21H23N5O2. The molecule has 1 aliphatic carbocycles. The lowest BCUT2D eigenvalue weighted by atomic mass is 10.1. The van der Waals surface area contributed by atoms with Gasteiger partial charge in [-0.05, 0) is 43.7 Å². The van der Waals surface area contributed by atoms with Gasteiger partial charge in [-0.3, -0.25) is 14.3 Å². The van der Waals surface area contributed by atoms with Gasteiger partial charge in [0.1, 0.15) is 0 Å². The van der Waals surface area contributed by atoms with Crippen molar-refractivity contribution in [1.29, 1.82) is 0 Å². The second kappa shape index (κ2) is 6.58. The Morgan fingerprint density at radius 2 is 2.04 bits per heavy atom. The van der Waals surface area contributed by atoms with E-state index in [1.54, 1.807) is 15.4 Å².